The van der Waals surface area contributed by atoms with Crippen LogP contribution in [-0.4, -0.2) is 29.6 Å². The molecule has 0 saturated heterocycles. The zero-order valence-electron chi connectivity index (χ0n) is 10.6. The van der Waals surface area contributed by atoms with E-state index in [1.54, 1.807) is 6.92 Å². The van der Waals surface area contributed by atoms with E-state index in [1.807, 2.05) is 6.92 Å². The summed E-state index contributed by atoms with van der Waals surface area (Å²) >= 11 is 0. The number of hydrogen-bond acceptors (Lipinski definition) is 4. The van der Waals surface area contributed by atoms with Crippen LogP contribution in [0.2, 0.25) is 0 Å². The molecule has 0 aromatic rings. The molecule has 0 spiro atoms. The van der Waals surface area contributed by atoms with Crippen LogP contribution in [0.3, 0.4) is 0 Å². The van der Waals surface area contributed by atoms with Crippen molar-refractivity contribution >= 4 is 12.3 Å². The fraction of sp³-hybridized carbons (Fsp3) is 0.846. The second-order valence-electron chi connectivity index (χ2n) is 4.85. The van der Waals surface area contributed by atoms with Crippen LogP contribution in [0.5, 0.6) is 0 Å². The van der Waals surface area contributed by atoms with Gasteiger partial charge in [0.1, 0.15) is 12.2 Å². The van der Waals surface area contributed by atoms with E-state index in [2.05, 4.69) is 0 Å². The number of rotatable bonds is 5. The molecular formula is C13H22O4. The second kappa shape index (κ2) is 6.15. The molecule has 1 saturated carbocycles. The summed E-state index contributed by atoms with van der Waals surface area (Å²) in [4.78, 5) is 22.7. The summed E-state index contributed by atoms with van der Waals surface area (Å²) in [5.74, 6) is -1.24. The molecule has 98 valence electrons. The van der Waals surface area contributed by atoms with Crippen LogP contribution in [-0.2, 0) is 14.3 Å². The Hall–Kier alpha value is -0.900. The van der Waals surface area contributed by atoms with Crippen molar-refractivity contribution in [2.75, 3.05) is 6.61 Å². The fourth-order valence-electron chi connectivity index (χ4n) is 2.61. The number of carbonyl (C=O) groups excluding carboxylic acids is 2. The van der Waals surface area contributed by atoms with E-state index < -0.39 is 17.5 Å². The second-order valence-corrected chi connectivity index (χ2v) is 4.85. The summed E-state index contributed by atoms with van der Waals surface area (Å²) in [5.41, 5.74) is -0.712. The SMILES string of the molecule is CCOC(=O)C(C=O)C1CCCC(O)(CC)C1. The van der Waals surface area contributed by atoms with Gasteiger partial charge in [-0.15, -0.1) is 0 Å². The number of hydrogen-bond donors (Lipinski definition) is 1. The first-order valence-electron chi connectivity index (χ1n) is 6.40. The summed E-state index contributed by atoms with van der Waals surface area (Å²) in [6.07, 6.45) is 4.28. The van der Waals surface area contributed by atoms with Crippen LogP contribution in [0.1, 0.15) is 46.0 Å². The van der Waals surface area contributed by atoms with Crippen LogP contribution in [0.15, 0.2) is 0 Å². The minimum atomic E-state index is -0.715. The van der Waals surface area contributed by atoms with Gasteiger partial charge in [-0.25, -0.2) is 0 Å². The summed E-state index contributed by atoms with van der Waals surface area (Å²) in [6.45, 7) is 3.94. The maximum absolute atomic E-state index is 11.6. The van der Waals surface area contributed by atoms with Crippen molar-refractivity contribution in [2.24, 2.45) is 11.8 Å². The Morgan fingerprint density at radius 1 is 1.59 bits per heavy atom. The van der Waals surface area contributed by atoms with Gasteiger partial charge >= 0.3 is 5.97 Å². The van der Waals surface area contributed by atoms with E-state index in [-0.39, 0.29) is 12.5 Å². The lowest BCUT2D eigenvalue weighted by atomic mass is 9.72. The molecule has 4 heteroatoms. The quantitative estimate of drug-likeness (QED) is 0.453. The Morgan fingerprint density at radius 2 is 2.29 bits per heavy atom. The van der Waals surface area contributed by atoms with Crippen molar-refractivity contribution in [1.29, 1.82) is 0 Å². The van der Waals surface area contributed by atoms with Gasteiger partial charge in [-0.1, -0.05) is 13.3 Å². The number of aldehydes is 1. The van der Waals surface area contributed by atoms with Crippen molar-refractivity contribution in [1.82, 2.24) is 0 Å². The van der Waals surface area contributed by atoms with Crippen LogP contribution >= 0.6 is 0 Å². The van der Waals surface area contributed by atoms with Crippen molar-refractivity contribution in [3.05, 3.63) is 0 Å². The summed E-state index contributed by atoms with van der Waals surface area (Å²) in [5, 5.41) is 10.2. The number of ether oxygens (including phenoxy) is 1. The Balaban J connectivity index is 2.69. The molecular weight excluding hydrogens is 220 g/mol. The average molecular weight is 242 g/mol. The largest absolute Gasteiger partial charge is 0.465 e. The first-order chi connectivity index (χ1) is 8.06. The molecule has 1 aliphatic rings. The van der Waals surface area contributed by atoms with E-state index in [9.17, 15) is 14.7 Å². The highest BCUT2D eigenvalue weighted by Gasteiger charge is 2.39. The van der Waals surface area contributed by atoms with Gasteiger partial charge in [-0.2, -0.15) is 0 Å². The van der Waals surface area contributed by atoms with E-state index in [0.717, 1.165) is 19.3 Å². The van der Waals surface area contributed by atoms with Gasteiger partial charge in [0.2, 0.25) is 0 Å². The van der Waals surface area contributed by atoms with Gasteiger partial charge in [0, 0.05) is 0 Å². The molecule has 3 unspecified atom stereocenters. The highest BCUT2D eigenvalue weighted by Crippen LogP contribution is 2.38. The van der Waals surface area contributed by atoms with Gasteiger partial charge < -0.3 is 14.6 Å². The third-order valence-corrected chi connectivity index (χ3v) is 3.73. The molecule has 0 aliphatic heterocycles. The standard InChI is InChI=1S/C13H22O4/c1-3-13(16)7-5-6-10(8-13)11(9-14)12(15)17-4-2/h9-11,16H,3-8H2,1-2H3. The van der Waals surface area contributed by atoms with Gasteiger partial charge in [-0.3, -0.25) is 4.79 Å². The normalized spacial score (nSPS) is 30.6. The molecule has 0 radical (unpaired) electrons. The van der Waals surface area contributed by atoms with Crippen molar-refractivity contribution in [2.45, 2.75) is 51.6 Å². The van der Waals surface area contributed by atoms with Crippen molar-refractivity contribution < 1.29 is 19.4 Å². The predicted octanol–water partition coefficient (Wildman–Crippen LogP) is 1.70. The van der Waals surface area contributed by atoms with Gasteiger partial charge in [0.15, 0.2) is 0 Å². The van der Waals surface area contributed by atoms with Gasteiger partial charge in [-0.05, 0) is 38.5 Å². The van der Waals surface area contributed by atoms with E-state index in [1.165, 1.54) is 0 Å². The molecule has 3 atom stereocenters. The molecule has 4 nitrogen and oxygen atoms in total. The van der Waals surface area contributed by atoms with Gasteiger partial charge in [0.25, 0.3) is 0 Å². The molecule has 17 heavy (non-hydrogen) atoms. The first-order valence-corrected chi connectivity index (χ1v) is 6.40. The molecule has 0 heterocycles. The third kappa shape index (κ3) is 3.53. The van der Waals surface area contributed by atoms with Crippen LogP contribution in [0.25, 0.3) is 0 Å². The molecule has 0 aromatic heterocycles. The fourth-order valence-corrected chi connectivity index (χ4v) is 2.61. The Morgan fingerprint density at radius 3 is 2.82 bits per heavy atom. The predicted molar refractivity (Wildman–Crippen MR) is 63.4 cm³/mol. The van der Waals surface area contributed by atoms with Crippen LogP contribution in [0.4, 0.5) is 0 Å². The molecule has 1 N–H and O–H groups in total. The maximum atomic E-state index is 11.6. The molecule has 0 amide bonds. The maximum Gasteiger partial charge on any atom is 0.316 e. The molecule has 1 rings (SSSR count). The van der Waals surface area contributed by atoms with E-state index >= 15 is 0 Å². The highest BCUT2D eigenvalue weighted by atomic mass is 16.5. The number of esters is 1. The highest BCUT2D eigenvalue weighted by molar-refractivity contribution is 5.88. The monoisotopic (exact) mass is 242 g/mol. The van der Waals surface area contributed by atoms with E-state index in [0.29, 0.717) is 19.1 Å². The third-order valence-electron chi connectivity index (χ3n) is 3.73. The minimum Gasteiger partial charge on any atom is -0.465 e. The van der Waals surface area contributed by atoms with Crippen molar-refractivity contribution in [3.8, 4) is 0 Å². The van der Waals surface area contributed by atoms with E-state index in [4.69, 9.17) is 4.74 Å². The van der Waals surface area contributed by atoms with Crippen molar-refractivity contribution in [3.63, 3.8) is 0 Å². The lowest BCUT2D eigenvalue weighted by Gasteiger charge is -2.37. The average Bonchev–Trinajstić information content (AvgIpc) is 2.30. The topological polar surface area (TPSA) is 63.6 Å². The number of aliphatic hydroxyl groups is 1. The molecule has 1 aliphatic carbocycles. The zero-order valence-corrected chi connectivity index (χ0v) is 10.6. The van der Waals surface area contributed by atoms with Crippen LogP contribution in [0, 0.1) is 11.8 Å². The Bertz CT molecular complexity index is 277. The summed E-state index contributed by atoms with van der Waals surface area (Å²) in [6, 6.07) is 0. The summed E-state index contributed by atoms with van der Waals surface area (Å²) in [7, 11) is 0. The number of carbonyl (C=O) groups is 2. The Labute approximate surface area is 102 Å². The van der Waals surface area contributed by atoms with Crippen LogP contribution < -0.4 is 0 Å². The first kappa shape index (κ1) is 14.2. The lowest BCUT2D eigenvalue weighted by molar-refractivity contribution is -0.153. The smallest absolute Gasteiger partial charge is 0.316 e. The molecule has 1 fully saturated rings. The zero-order chi connectivity index (χ0) is 12.9. The minimum absolute atomic E-state index is 0.0785. The molecule has 0 aromatic carbocycles. The lowest BCUT2D eigenvalue weighted by Crippen LogP contribution is -2.39. The Kier molecular flexibility index (Phi) is 5.12. The summed E-state index contributed by atoms with van der Waals surface area (Å²) < 4.78 is 4.90. The molecule has 0 bridgehead atoms. The van der Waals surface area contributed by atoms with Gasteiger partial charge in [0.05, 0.1) is 12.2 Å².